The van der Waals surface area contributed by atoms with E-state index in [-0.39, 0.29) is 0 Å². The Morgan fingerprint density at radius 3 is 2.81 bits per heavy atom. The number of halogens is 2. The van der Waals surface area contributed by atoms with Gasteiger partial charge in [-0.3, -0.25) is 4.99 Å². The van der Waals surface area contributed by atoms with E-state index < -0.39 is 0 Å². The number of aliphatic imine (C=N–C) groups is 1. The average molecular weight is 382 g/mol. The van der Waals surface area contributed by atoms with Crippen molar-refractivity contribution in [1.29, 1.82) is 0 Å². The highest BCUT2D eigenvalue weighted by Gasteiger charge is 2.19. The van der Waals surface area contributed by atoms with Crippen molar-refractivity contribution in [3.05, 3.63) is 63.6 Å². The highest BCUT2D eigenvalue weighted by molar-refractivity contribution is 9.10. The number of amidine groups is 1. The number of anilines is 1. The van der Waals surface area contributed by atoms with Gasteiger partial charge in [-0.25, -0.2) is 0 Å². The molecule has 1 atom stereocenters. The summed E-state index contributed by atoms with van der Waals surface area (Å²) in [4.78, 5) is 4.74. The molecule has 1 heterocycles. The summed E-state index contributed by atoms with van der Waals surface area (Å²) >= 11 is 11.4. The number of hydrogen-bond donors (Lipinski definition) is 1. The van der Waals surface area contributed by atoms with Crippen molar-refractivity contribution in [3.8, 4) is 0 Å². The fourth-order valence-electron chi connectivity index (χ4n) is 2.18. The molecular formula is C16H14BrClN2S. The van der Waals surface area contributed by atoms with Gasteiger partial charge in [0.2, 0.25) is 0 Å². The van der Waals surface area contributed by atoms with Crippen LogP contribution < -0.4 is 5.32 Å². The summed E-state index contributed by atoms with van der Waals surface area (Å²) < 4.78 is 0.973. The first-order valence-corrected chi connectivity index (χ1v) is 8.83. The third-order valence-corrected chi connectivity index (χ3v) is 5.04. The van der Waals surface area contributed by atoms with Crippen LogP contribution in [0.3, 0.4) is 0 Å². The smallest absolute Gasteiger partial charge is 0.161 e. The SMILES string of the molecule is Clc1cc(Br)ccc1NC1=NC(Cc2ccccc2)CS1. The topological polar surface area (TPSA) is 24.4 Å². The van der Waals surface area contributed by atoms with E-state index in [1.54, 1.807) is 11.8 Å². The lowest BCUT2D eigenvalue weighted by atomic mass is 10.1. The first kappa shape index (κ1) is 14.9. The molecular weight excluding hydrogens is 368 g/mol. The molecule has 3 rings (SSSR count). The van der Waals surface area contributed by atoms with Crippen molar-refractivity contribution < 1.29 is 0 Å². The molecule has 0 aliphatic carbocycles. The maximum Gasteiger partial charge on any atom is 0.161 e. The Morgan fingerprint density at radius 2 is 2.05 bits per heavy atom. The predicted molar refractivity (Wildman–Crippen MR) is 96.6 cm³/mol. The van der Waals surface area contributed by atoms with Crippen molar-refractivity contribution >= 4 is 50.1 Å². The molecule has 1 N–H and O–H groups in total. The summed E-state index contributed by atoms with van der Waals surface area (Å²) in [6.45, 7) is 0. The van der Waals surface area contributed by atoms with Crippen LogP contribution in [-0.4, -0.2) is 17.0 Å². The van der Waals surface area contributed by atoms with Gasteiger partial charge in [-0.2, -0.15) is 0 Å². The van der Waals surface area contributed by atoms with Crippen molar-refractivity contribution in [3.63, 3.8) is 0 Å². The molecule has 2 aromatic rings. The fraction of sp³-hybridized carbons (Fsp3) is 0.188. The largest absolute Gasteiger partial charge is 0.334 e. The minimum atomic E-state index is 0.328. The second-order valence-electron chi connectivity index (χ2n) is 4.84. The van der Waals surface area contributed by atoms with Crippen LogP contribution in [0.2, 0.25) is 5.02 Å². The zero-order chi connectivity index (χ0) is 14.7. The van der Waals surface area contributed by atoms with Gasteiger partial charge in [0.15, 0.2) is 5.17 Å². The Balaban J connectivity index is 1.66. The van der Waals surface area contributed by atoms with E-state index in [2.05, 4.69) is 45.5 Å². The Kier molecular flexibility index (Phi) is 4.88. The summed E-state index contributed by atoms with van der Waals surface area (Å²) in [6.07, 6.45) is 0.979. The molecule has 2 aromatic carbocycles. The molecule has 0 saturated heterocycles. The highest BCUT2D eigenvalue weighted by Crippen LogP contribution is 2.28. The Morgan fingerprint density at radius 1 is 1.24 bits per heavy atom. The molecule has 108 valence electrons. The Labute approximate surface area is 142 Å². The molecule has 5 heteroatoms. The van der Waals surface area contributed by atoms with Crippen LogP contribution in [0, 0.1) is 0 Å². The molecule has 0 spiro atoms. The molecule has 2 nitrogen and oxygen atoms in total. The second kappa shape index (κ2) is 6.86. The van der Waals surface area contributed by atoms with Gasteiger partial charge in [0.1, 0.15) is 0 Å². The molecule has 1 unspecified atom stereocenters. The molecule has 0 bridgehead atoms. The first-order valence-electron chi connectivity index (χ1n) is 6.67. The average Bonchev–Trinajstić information content (AvgIpc) is 2.90. The van der Waals surface area contributed by atoms with Gasteiger partial charge >= 0.3 is 0 Å². The van der Waals surface area contributed by atoms with Gasteiger partial charge in [-0.05, 0) is 30.2 Å². The zero-order valence-corrected chi connectivity index (χ0v) is 14.4. The maximum atomic E-state index is 6.22. The summed E-state index contributed by atoms with van der Waals surface area (Å²) in [5.41, 5.74) is 2.22. The standard InChI is InChI=1S/C16H14BrClN2S/c17-12-6-7-15(14(18)9-12)20-16-19-13(10-21-16)8-11-4-2-1-3-5-11/h1-7,9,13H,8,10H2,(H,19,20). The number of rotatable bonds is 3. The minimum Gasteiger partial charge on any atom is -0.334 e. The van der Waals surface area contributed by atoms with Gasteiger partial charge in [-0.15, -0.1) is 0 Å². The molecule has 1 aliphatic heterocycles. The van der Waals surface area contributed by atoms with Crippen LogP contribution in [0.25, 0.3) is 0 Å². The number of hydrogen-bond acceptors (Lipinski definition) is 3. The molecule has 0 amide bonds. The lowest BCUT2D eigenvalue weighted by Gasteiger charge is -2.07. The molecule has 0 saturated carbocycles. The Bertz CT molecular complexity index is 661. The van der Waals surface area contributed by atoms with E-state index in [0.717, 1.165) is 27.5 Å². The monoisotopic (exact) mass is 380 g/mol. The van der Waals surface area contributed by atoms with Crippen LogP contribution in [0.15, 0.2) is 58.0 Å². The van der Waals surface area contributed by atoms with E-state index in [1.807, 2.05) is 24.3 Å². The quantitative estimate of drug-likeness (QED) is 0.787. The van der Waals surface area contributed by atoms with Crippen molar-refractivity contribution in [1.82, 2.24) is 0 Å². The lowest BCUT2D eigenvalue weighted by molar-refractivity contribution is 0.762. The summed E-state index contributed by atoms with van der Waals surface area (Å²) in [5, 5.41) is 4.95. The lowest BCUT2D eigenvalue weighted by Crippen LogP contribution is -2.08. The molecule has 0 radical (unpaired) electrons. The number of benzene rings is 2. The van der Waals surface area contributed by atoms with E-state index in [0.29, 0.717) is 11.1 Å². The van der Waals surface area contributed by atoms with Gasteiger partial charge in [-0.1, -0.05) is 69.6 Å². The van der Waals surface area contributed by atoms with Crippen LogP contribution in [0.4, 0.5) is 5.69 Å². The molecule has 1 aliphatic rings. The maximum absolute atomic E-state index is 6.22. The number of nitrogens with one attached hydrogen (secondary N) is 1. The number of thioether (sulfide) groups is 1. The van der Waals surface area contributed by atoms with Gasteiger partial charge in [0.25, 0.3) is 0 Å². The van der Waals surface area contributed by atoms with Crippen molar-refractivity contribution in [2.45, 2.75) is 12.5 Å². The van der Waals surface area contributed by atoms with Crippen LogP contribution in [0.1, 0.15) is 5.56 Å². The second-order valence-corrected chi connectivity index (χ2v) is 7.17. The summed E-state index contributed by atoms with van der Waals surface area (Å²) in [7, 11) is 0. The molecule has 21 heavy (non-hydrogen) atoms. The highest BCUT2D eigenvalue weighted by atomic mass is 79.9. The third-order valence-electron chi connectivity index (χ3n) is 3.20. The van der Waals surface area contributed by atoms with Crippen LogP contribution in [-0.2, 0) is 6.42 Å². The van der Waals surface area contributed by atoms with E-state index in [1.165, 1.54) is 5.56 Å². The fourth-order valence-corrected chi connectivity index (χ4v) is 3.85. The van der Waals surface area contributed by atoms with E-state index in [9.17, 15) is 0 Å². The number of nitrogens with zero attached hydrogens (tertiary/aromatic N) is 1. The Hall–Kier alpha value is -0.970. The zero-order valence-electron chi connectivity index (χ0n) is 11.2. The van der Waals surface area contributed by atoms with Crippen molar-refractivity contribution in [2.24, 2.45) is 4.99 Å². The van der Waals surface area contributed by atoms with E-state index in [4.69, 9.17) is 16.6 Å². The van der Waals surface area contributed by atoms with Crippen molar-refractivity contribution in [2.75, 3.05) is 11.1 Å². The first-order chi connectivity index (χ1) is 10.2. The normalized spacial score (nSPS) is 17.6. The van der Waals surface area contributed by atoms with Gasteiger partial charge < -0.3 is 5.32 Å². The van der Waals surface area contributed by atoms with Gasteiger partial charge in [0, 0.05) is 10.2 Å². The summed E-state index contributed by atoms with van der Waals surface area (Å²) in [6, 6.07) is 16.6. The van der Waals surface area contributed by atoms with Crippen LogP contribution >= 0.6 is 39.3 Å². The van der Waals surface area contributed by atoms with Crippen LogP contribution in [0.5, 0.6) is 0 Å². The minimum absolute atomic E-state index is 0.328. The van der Waals surface area contributed by atoms with E-state index >= 15 is 0 Å². The molecule has 0 fully saturated rings. The molecule has 0 aromatic heterocycles. The summed E-state index contributed by atoms with van der Waals surface area (Å²) in [5.74, 6) is 1.01. The third kappa shape index (κ3) is 4.02. The van der Waals surface area contributed by atoms with Gasteiger partial charge in [0.05, 0.1) is 16.8 Å². The predicted octanol–water partition coefficient (Wildman–Crippen LogP) is 5.23.